The zero-order chi connectivity index (χ0) is 11.6. The number of aromatic hydroxyl groups is 2. The predicted octanol–water partition coefficient (Wildman–Crippen LogP) is 0.711. The molecule has 0 aliphatic rings. The van der Waals surface area contributed by atoms with E-state index in [1.807, 2.05) is 0 Å². The lowest BCUT2D eigenvalue weighted by Crippen LogP contribution is -2.16. The molecule has 1 rings (SSSR count). The number of phenols is 2. The largest absolute Gasteiger partial charge is 0.507 e. The molecular formula is C9H10FNO4. The van der Waals surface area contributed by atoms with Crippen LogP contribution in [0.2, 0.25) is 0 Å². The topological polar surface area (TPSA) is 104 Å². The van der Waals surface area contributed by atoms with Crippen LogP contribution < -0.4 is 5.73 Å². The monoisotopic (exact) mass is 215 g/mol. The van der Waals surface area contributed by atoms with Gasteiger partial charge in [-0.1, -0.05) is 0 Å². The molecular weight excluding hydrogens is 205 g/mol. The van der Waals surface area contributed by atoms with E-state index in [4.69, 9.17) is 15.9 Å². The molecule has 0 aliphatic carbocycles. The summed E-state index contributed by atoms with van der Waals surface area (Å²) in [5.74, 6) is -3.46. The minimum absolute atomic E-state index is 0.391. The molecule has 0 spiro atoms. The smallest absolute Gasteiger partial charge is 0.305 e. The molecule has 6 heteroatoms. The molecule has 0 aliphatic heterocycles. The first kappa shape index (κ1) is 11.3. The maximum atomic E-state index is 13.3. The van der Waals surface area contributed by atoms with Crippen LogP contribution in [-0.4, -0.2) is 21.3 Å². The lowest BCUT2D eigenvalue weighted by Gasteiger charge is -2.12. The summed E-state index contributed by atoms with van der Waals surface area (Å²) in [5, 5.41) is 26.7. The summed E-state index contributed by atoms with van der Waals surface area (Å²) >= 11 is 0. The number of hydrogen-bond donors (Lipinski definition) is 4. The minimum Gasteiger partial charge on any atom is -0.507 e. The molecule has 0 heterocycles. The van der Waals surface area contributed by atoms with E-state index in [-0.39, 0.29) is 0 Å². The van der Waals surface area contributed by atoms with Gasteiger partial charge in [-0.05, 0) is 12.1 Å². The Labute approximate surface area is 84.6 Å². The minimum atomic E-state index is -1.22. The molecule has 15 heavy (non-hydrogen) atoms. The van der Waals surface area contributed by atoms with Crippen molar-refractivity contribution in [3.05, 3.63) is 23.5 Å². The molecule has 0 fully saturated rings. The van der Waals surface area contributed by atoms with Crippen molar-refractivity contribution in [2.24, 2.45) is 5.73 Å². The van der Waals surface area contributed by atoms with Crippen LogP contribution in [0.5, 0.6) is 11.5 Å². The maximum Gasteiger partial charge on any atom is 0.305 e. The third-order valence-corrected chi connectivity index (χ3v) is 1.90. The highest BCUT2D eigenvalue weighted by atomic mass is 19.1. The predicted molar refractivity (Wildman–Crippen MR) is 48.9 cm³/mol. The number of carbonyl (C=O) groups is 1. The Hall–Kier alpha value is -1.82. The van der Waals surface area contributed by atoms with Gasteiger partial charge in [-0.25, -0.2) is 4.39 Å². The molecule has 0 aromatic heterocycles. The lowest BCUT2D eigenvalue weighted by molar-refractivity contribution is -0.137. The molecule has 1 aromatic carbocycles. The first-order valence-electron chi connectivity index (χ1n) is 4.11. The van der Waals surface area contributed by atoms with Gasteiger partial charge in [-0.2, -0.15) is 0 Å². The Morgan fingerprint density at radius 1 is 1.40 bits per heavy atom. The van der Waals surface area contributed by atoms with Crippen LogP contribution in [0.1, 0.15) is 18.0 Å². The van der Waals surface area contributed by atoms with Gasteiger partial charge in [0.15, 0.2) is 11.6 Å². The Morgan fingerprint density at radius 3 is 2.47 bits per heavy atom. The van der Waals surface area contributed by atoms with Crippen LogP contribution in [-0.2, 0) is 4.79 Å². The van der Waals surface area contributed by atoms with Gasteiger partial charge in [0.2, 0.25) is 0 Å². The summed E-state index contributed by atoms with van der Waals surface area (Å²) < 4.78 is 13.3. The molecule has 0 saturated heterocycles. The summed E-state index contributed by atoms with van der Waals surface area (Å²) in [6.07, 6.45) is -0.534. The van der Waals surface area contributed by atoms with E-state index < -0.39 is 41.3 Å². The number of carboxylic acids is 1. The lowest BCUT2D eigenvalue weighted by atomic mass is 10.0. The Balaban J connectivity index is 3.12. The van der Waals surface area contributed by atoms with Crippen LogP contribution in [0.15, 0.2) is 12.1 Å². The highest BCUT2D eigenvalue weighted by molar-refractivity contribution is 5.68. The van der Waals surface area contributed by atoms with Crippen molar-refractivity contribution < 1.29 is 24.5 Å². The normalized spacial score (nSPS) is 12.4. The SMILES string of the molecule is NC(CC(=O)O)c1c(O)ccc(O)c1F. The molecule has 0 radical (unpaired) electrons. The molecule has 82 valence electrons. The molecule has 1 unspecified atom stereocenters. The first-order valence-corrected chi connectivity index (χ1v) is 4.11. The average molecular weight is 215 g/mol. The summed E-state index contributed by atoms with van der Waals surface area (Å²) in [6.45, 7) is 0. The highest BCUT2D eigenvalue weighted by Crippen LogP contribution is 2.32. The summed E-state index contributed by atoms with van der Waals surface area (Å²) in [6, 6.07) is 0.812. The standard InChI is InChI=1S/C9H10FNO4/c10-9-6(13)2-1-5(12)8(9)4(11)3-7(14)15/h1-2,4,12-13H,3,11H2,(H,14,15). The summed E-state index contributed by atoms with van der Waals surface area (Å²) in [4.78, 5) is 10.3. The van der Waals surface area contributed by atoms with Crippen molar-refractivity contribution >= 4 is 5.97 Å². The van der Waals surface area contributed by atoms with E-state index in [1.165, 1.54) is 0 Å². The fraction of sp³-hybridized carbons (Fsp3) is 0.222. The van der Waals surface area contributed by atoms with Gasteiger partial charge in [0.05, 0.1) is 12.0 Å². The quantitative estimate of drug-likeness (QED) is 0.556. The van der Waals surface area contributed by atoms with Gasteiger partial charge in [0.1, 0.15) is 5.75 Å². The fourth-order valence-corrected chi connectivity index (χ4v) is 1.21. The number of hydrogen-bond acceptors (Lipinski definition) is 4. The van der Waals surface area contributed by atoms with Crippen molar-refractivity contribution in [1.29, 1.82) is 0 Å². The fourth-order valence-electron chi connectivity index (χ4n) is 1.21. The second-order valence-corrected chi connectivity index (χ2v) is 3.04. The first-order chi connectivity index (χ1) is 6.93. The Kier molecular flexibility index (Phi) is 3.11. The van der Waals surface area contributed by atoms with Crippen molar-refractivity contribution in [3.8, 4) is 11.5 Å². The van der Waals surface area contributed by atoms with Gasteiger partial charge >= 0.3 is 5.97 Å². The van der Waals surface area contributed by atoms with Crippen LogP contribution in [0, 0.1) is 5.82 Å². The number of carboxylic acid groups (broad SMARTS) is 1. The number of rotatable bonds is 3. The third-order valence-electron chi connectivity index (χ3n) is 1.90. The average Bonchev–Trinajstić information content (AvgIpc) is 2.11. The number of halogens is 1. The van der Waals surface area contributed by atoms with Gasteiger partial charge in [0, 0.05) is 6.04 Å². The van der Waals surface area contributed by atoms with Crippen LogP contribution in [0.25, 0.3) is 0 Å². The van der Waals surface area contributed by atoms with Gasteiger partial charge in [0.25, 0.3) is 0 Å². The molecule has 0 amide bonds. The zero-order valence-corrected chi connectivity index (χ0v) is 7.64. The van der Waals surface area contributed by atoms with Crippen LogP contribution in [0.3, 0.4) is 0 Å². The summed E-state index contributed by atoms with van der Waals surface area (Å²) in [5.41, 5.74) is 4.98. The Morgan fingerprint density at radius 2 is 1.93 bits per heavy atom. The second kappa shape index (κ2) is 4.14. The maximum absolute atomic E-state index is 13.3. The van der Waals surface area contributed by atoms with Crippen LogP contribution in [0.4, 0.5) is 4.39 Å². The van der Waals surface area contributed by atoms with E-state index in [9.17, 15) is 14.3 Å². The van der Waals surface area contributed by atoms with Crippen molar-refractivity contribution in [2.45, 2.75) is 12.5 Å². The van der Waals surface area contributed by atoms with Gasteiger partial charge in [-0.15, -0.1) is 0 Å². The molecule has 5 N–H and O–H groups in total. The highest BCUT2D eigenvalue weighted by Gasteiger charge is 2.21. The van der Waals surface area contributed by atoms with Gasteiger partial charge < -0.3 is 21.1 Å². The molecule has 1 aromatic rings. The number of phenolic OH excluding ortho intramolecular Hbond substituents is 2. The molecule has 5 nitrogen and oxygen atoms in total. The Bertz CT molecular complexity index is 394. The third kappa shape index (κ3) is 2.35. The van der Waals surface area contributed by atoms with Crippen molar-refractivity contribution in [2.75, 3.05) is 0 Å². The number of benzene rings is 1. The molecule has 0 bridgehead atoms. The summed E-state index contributed by atoms with van der Waals surface area (Å²) in [7, 11) is 0. The van der Waals surface area contributed by atoms with Crippen LogP contribution >= 0.6 is 0 Å². The second-order valence-electron chi connectivity index (χ2n) is 3.04. The number of nitrogens with two attached hydrogens (primary N) is 1. The molecule has 0 saturated carbocycles. The van der Waals surface area contributed by atoms with E-state index in [0.29, 0.717) is 0 Å². The number of aliphatic carboxylic acids is 1. The van der Waals surface area contributed by atoms with Gasteiger partial charge in [-0.3, -0.25) is 4.79 Å². The molecule has 1 atom stereocenters. The van der Waals surface area contributed by atoms with E-state index in [1.54, 1.807) is 0 Å². The zero-order valence-electron chi connectivity index (χ0n) is 7.64. The van der Waals surface area contributed by atoms with Crippen molar-refractivity contribution in [3.63, 3.8) is 0 Å². The van der Waals surface area contributed by atoms with E-state index >= 15 is 0 Å². The van der Waals surface area contributed by atoms with E-state index in [2.05, 4.69) is 0 Å². The van der Waals surface area contributed by atoms with Crippen molar-refractivity contribution in [1.82, 2.24) is 0 Å². The van der Waals surface area contributed by atoms with E-state index in [0.717, 1.165) is 12.1 Å².